The van der Waals surface area contributed by atoms with E-state index in [4.69, 9.17) is 0 Å². The average molecular weight is 304 g/mol. The summed E-state index contributed by atoms with van der Waals surface area (Å²) in [6.45, 7) is 4.61. The SMILES string of the molecule is CCc1cc(=O)n2nc(NCc3cnn(C)c3C)sc2n1. The van der Waals surface area contributed by atoms with Gasteiger partial charge >= 0.3 is 0 Å². The van der Waals surface area contributed by atoms with E-state index in [0.717, 1.165) is 23.4 Å². The predicted molar refractivity (Wildman–Crippen MR) is 81.8 cm³/mol. The number of rotatable bonds is 4. The number of nitrogens with zero attached hydrogens (tertiary/aromatic N) is 5. The molecule has 3 rings (SSSR count). The minimum absolute atomic E-state index is 0.140. The molecule has 0 aliphatic rings. The second kappa shape index (κ2) is 5.28. The molecule has 3 aromatic heterocycles. The molecule has 1 N–H and O–H groups in total. The second-order valence-corrected chi connectivity index (χ2v) is 5.73. The van der Waals surface area contributed by atoms with Crippen molar-refractivity contribution in [3.8, 4) is 0 Å². The highest BCUT2D eigenvalue weighted by molar-refractivity contribution is 7.20. The Bertz CT molecular complexity index is 846. The molecule has 3 heterocycles. The summed E-state index contributed by atoms with van der Waals surface area (Å²) in [6.07, 6.45) is 2.57. The summed E-state index contributed by atoms with van der Waals surface area (Å²) in [5, 5.41) is 12.4. The lowest BCUT2D eigenvalue weighted by Gasteiger charge is -2.01. The van der Waals surface area contributed by atoms with Gasteiger partial charge in [-0.15, -0.1) is 5.10 Å². The van der Waals surface area contributed by atoms with Crippen molar-refractivity contribution in [1.82, 2.24) is 24.4 Å². The molecule has 8 heteroatoms. The lowest BCUT2D eigenvalue weighted by molar-refractivity contribution is 0.738. The van der Waals surface area contributed by atoms with Crippen molar-refractivity contribution in [2.75, 3.05) is 5.32 Å². The molecule has 0 aliphatic heterocycles. The summed E-state index contributed by atoms with van der Waals surface area (Å²) in [6, 6.07) is 1.53. The number of hydrogen-bond acceptors (Lipinski definition) is 6. The number of fused-ring (bicyclic) bond motifs is 1. The molecular weight excluding hydrogens is 288 g/mol. The van der Waals surface area contributed by atoms with E-state index in [1.807, 2.05) is 31.8 Å². The molecule has 0 aliphatic carbocycles. The number of anilines is 1. The van der Waals surface area contributed by atoms with Gasteiger partial charge in [0.25, 0.3) is 5.56 Å². The van der Waals surface area contributed by atoms with Crippen molar-refractivity contribution in [3.05, 3.63) is 39.6 Å². The van der Waals surface area contributed by atoms with Crippen LogP contribution in [0.2, 0.25) is 0 Å². The number of aromatic nitrogens is 5. The molecule has 3 aromatic rings. The predicted octanol–water partition coefficient (Wildman–Crippen LogP) is 1.37. The van der Waals surface area contributed by atoms with E-state index in [-0.39, 0.29) is 5.56 Å². The third-order valence-corrected chi connectivity index (χ3v) is 4.29. The van der Waals surface area contributed by atoms with Crippen molar-refractivity contribution in [2.24, 2.45) is 7.05 Å². The van der Waals surface area contributed by atoms with Crippen LogP contribution >= 0.6 is 11.3 Å². The van der Waals surface area contributed by atoms with Crippen LogP contribution < -0.4 is 10.9 Å². The van der Waals surface area contributed by atoms with Crippen LogP contribution in [0.25, 0.3) is 4.96 Å². The minimum atomic E-state index is -0.140. The first-order valence-electron chi connectivity index (χ1n) is 6.69. The van der Waals surface area contributed by atoms with Crippen LogP contribution in [-0.4, -0.2) is 24.4 Å². The maximum absolute atomic E-state index is 11.9. The van der Waals surface area contributed by atoms with E-state index in [1.165, 1.54) is 21.9 Å². The van der Waals surface area contributed by atoms with Gasteiger partial charge in [0.05, 0.1) is 6.20 Å². The van der Waals surface area contributed by atoms with Crippen LogP contribution in [0.4, 0.5) is 5.13 Å². The van der Waals surface area contributed by atoms with Crippen LogP contribution in [0, 0.1) is 6.92 Å². The fourth-order valence-corrected chi connectivity index (χ4v) is 2.82. The van der Waals surface area contributed by atoms with Gasteiger partial charge < -0.3 is 5.32 Å². The Morgan fingerprint density at radius 3 is 2.90 bits per heavy atom. The molecule has 0 fully saturated rings. The first-order valence-corrected chi connectivity index (χ1v) is 7.51. The van der Waals surface area contributed by atoms with Crippen LogP contribution in [0.15, 0.2) is 17.1 Å². The van der Waals surface area contributed by atoms with Gasteiger partial charge in [-0.1, -0.05) is 18.3 Å². The smallest absolute Gasteiger partial charge is 0.275 e. The maximum Gasteiger partial charge on any atom is 0.275 e. The molecule has 0 bridgehead atoms. The highest BCUT2D eigenvalue weighted by atomic mass is 32.1. The summed E-state index contributed by atoms with van der Waals surface area (Å²) in [4.78, 5) is 17.0. The van der Waals surface area contributed by atoms with E-state index >= 15 is 0 Å². The molecule has 7 nitrogen and oxygen atoms in total. The summed E-state index contributed by atoms with van der Waals surface area (Å²) in [5.74, 6) is 0. The number of hydrogen-bond donors (Lipinski definition) is 1. The van der Waals surface area contributed by atoms with E-state index in [9.17, 15) is 4.79 Å². The summed E-state index contributed by atoms with van der Waals surface area (Å²) in [5.41, 5.74) is 2.86. The van der Waals surface area contributed by atoms with Gasteiger partial charge in [-0.25, -0.2) is 4.98 Å². The van der Waals surface area contributed by atoms with Crippen molar-refractivity contribution < 1.29 is 0 Å². The summed E-state index contributed by atoms with van der Waals surface area (Å²) >= 11 is 1.38. The third-order valence-electron chi connectivity index (χ3n) is 3.43. The monoisotopic (exact) mass is 304 g/mol. The average Bonchev–Trinajstić information content (AvgIpc) is 3.02. The minimum Gasteiger partial charge on any atom is -0.356 e. The van der Waals surface area contributed by atoms with Crippen LogP contribution in [0.1, 0.15) is 23.9 Å². The summed E-state index contributed by atoms with van der Waals surface area (Å²) < 4.78 is 3.16. The van der Waals surface area contributed by atoms with E-state index < -0.39 is 0 Å². The van der Waals surface area contributed by atoms with E-state index in [1.54, 1.807) is 0 Å². The molecule has 0 saturated heterocycles. The fraction of sp³-hybridized carbons (Fsp3) is 0.385. The van der Waals surface area contributed by atoms with Gasteiger partial charge in [0, 0.05) is 36.6 Å². The van der Waals surface area contributed by atoms with Gasteiger partial charge in [-0.3, -0.25) is 9.48 Å². The zero-order valence-electron chi connectivity index (χ0n) is 12.1. The molecule has 0 aromatic carbocycles. The van der Waals surface area contributed by atoms with Gasteiger partial charge in [0.1, 0.15) is 0 Å². The fourth-order valence-electron chi connectivity index (χ4n) is 2.00. The Labute approximate surface area is 125 Å². The molecule has 0 saturated carbocycles. The summed E-state index contributed by atoms with van der Waals surface area (Å²) in [7, 11) is 1.91. The molecule has 0 radical (unpaired) electrons. The molecule has 0 atom stereocenters. The molecule has 0 amide bonds. The molecule has 21 heavy (non-hydrogen) atoms. The van der Waals surface area contributed by atoms with Gasteiger partial charge in [0.15, 0.2) is 0 Å². The van der Waals surface area contributed by atoms with E-state index in [2.05, 4.69) is 20.5 Å². The first kappa shape index (κ1) is 13.7. The Balaban J connectivity index is 1.86. The van der Waals surface area contributed by atoms with Gasteiger partial charge in [0.2, 0.25) is 10.1 Å². The zero-order chi connectivity index (χ0) is 15.0. The quantitative estimate of drug-likeness (QED) is 0.787. The Morgan fingerprint density at radius 1 is 1.43 bits per heavy atom. The van der Waals surface area contributed by atoms with Crippen molar-refractivity contribution in [2.45, 2.75) is 26.8 Å². The molecule has 110 valence electrons. The first-order chi connectivity index (χ1) is 10.1. The largest absolute Gasteiger partial charge is 0.356 e. The lowest BCUT2D eigenvalue weighted by atomic mass is 10.2. The normalized spacial score (nSPS) is 11.2. The molecule has 0 unspecified atom stereocenters. The Hall–Kier alpha value is -2.22. The highest BCUT2D eigenvalue weighted by Crippen LogP contribution is 2.18. The third kappa shape index (κ3) is 2.54. The van der Waals surface area contributed by atoms with Crippen LogP contribution in [0.3, 0.4) is 0 Å². The maximum atomic E-state index is 11.9. The van der Waals surface area contributed by atoms with Crippen LogP contribution in [-0.2, 0) is 20.0 Å². The molecule has 0 spiro atoms. The van der Waals surface area contributed by atoms with Gasteiger partial charge in [-0.2, -0.15) is 9.61 Å². The number of nitrogens with one attached hydrogen (secondary N) is 1. The van der Waals surface area contributed by atoms with Crippen molar-refractivity contribution >= 4 is 21.4 Å². The standard InChI is InChI=1S/C13H16N6OS/c1-4-10-5-11(20)19-13(16-10)21-12(17-19)14-6-9-7-15-18(3)8(9)2/h5,7H,4,6H2,1-3H3,(H,14,17). The van der Waals surface area contributed by atoms with Crippen molar-refractivity contribution in [1.29, 1.82) is 0 Å². The zero-order valence-corrected chi connectivity index (χ0v) is 12.9. The topological polar surface area (TPSA) is 77.1 Å². The number of aryl methyl sites for hydroxylation is 2. The van der Waals surface area contributed by atoms with E-state index in [0.29, 0.717) is 16.6 Å². The second-order valence-electron chi connectivity index (χ2n) is 4.77. The lowest BCUT2D eigenvalue weighted by Crippen LogP contribution is -2.15. The molecular formula is C13H16N6OS. The van der Waals surface area contributed by atoms with Gasteiger partial charge in [-0.05, 0) is 13.3 Å². The highest BCUT2D eigenvalue weighted by Gasteiger charge is 2.09. The Morgan fingerprint density at radius 2 is 2.24 bits per heavy atom. The van der Waals surface area contributed by atoms with Crippen LogP contribution in [0.5, 0.6) is 0 Å². The Kier molecular flexibility index (Phi) is 3.46. The van der Waals surface area contributed by atoms with Crippen molar-refractivity contribution in [3.63, 3.8) is 0 Å².